The van der Waals surface area contributed by atoms with E-state index in [-0.39, 0.29) is 4.90 Å². The van der Waals surface area contributed by atoms with Gasteiger partial charge in [0.15, 0.2) is 11.5 Å². The van der Waals surface area contributed by atoms with Gasteiger partial charge >= 0.3 is 0 Å². The SMILES string of the molecule is O=S(=O)(c1ccc2c(c1)OCCO2)N1CCC(Cn2ccnc2)CC1. The Morgan fingerprint density at radius 3 is 2.60 bits per heavy atom. The lowest BCUT2D eigenvalue weighted by molar-refractivity contribution is 0.171. The minimum Gasteiger partial charge on any atom is -0.486 e. The number of hydrogen-bond donors (Lipinski definition) is 0. The van der Waals surface area contributed by atoms with Crippen LogP contribution in [0.15, 0.2) is 41.8 Å². The van der Waals surface area contributed by atoms with Crippen LogP contribution in [0.25, 0.3) is 0 Å². The van der Waals surface area contributed by atoms with Gasteiger partial charge in [-0.25, -0.2) is 13.4 Å². The average Bonchev–Trinajstić information content (AvgIpc) is 3.15. The number of aromatic nitrogens is 2. The van der Waals surface area contributed by atoms with Crippen molar-refractivity contribution in [2.75, 3.05) is 26.3 Å². The summed E-state index contributed by atoms with van der Waals surface area (Å²) in [7, 11) is -3.50. The van der Waals surface area contributed by atoms with Crippen LogP contribution in [0.1, 0.15) is 12.8 Å². The zero-order chi connectivity index (χ0) is 17.3. The topological polar surface area (TPSA) is 73.7 Å². The molecule has 2 aliphatic heterocycles. The molecule has 4 rings (SSSR count). The van der Waals surface area contributed by atoms with Gasteiger partial charge in [-0.1, -0.05) is 0 Å². The van der Waals surface area contributed by atoms with E-state index in [4.69, 9.17) is 9.47 Å². The van der Waals surface area contributed by atoms with E-state index in [0.717, 1.165) is 19.4 Å². The van der Waals surface area contributed by atoms with E-state index in [0.29, 0.717) is 43.7 Å². The third kappa shape index (κ3) is 3.36. The molecular weight excluding hydrogens is 342 g/mol. The third-order valence-electron chi connectivity index (χ3n) is 4.75. The molecule has 2 aliphatic rings. The molecule has 0 amide bonds. The summed E-state index contributed by atoms with van der Waals surface area (Å²) in [5.41, 5.74) is 0. The summed E-state index contributed by atoms with van der Waals surface area (Å²) in [5.74, 6) is 1.58. The van der Waals surface area contributed by atoms with Crippen LogP contribution in [-0.4, -0.2) is 48.6 Å². The molecule has 0 spiro atoms. The number of imidazole rings is 1. The number of nitrogens with zero attached hydrogens (tertiary/aromatic N) is 3. The molecule has 0 aliphatic carbocycles. The Morgan fingerprint density at radius 1 is 1.12 bits per heavy atom. The zero-order valence-corrected chi connectivity index (χ0v) is 14.7. The Kier molecular flexibility index (Phi) is 4.39. The van der Waals surface area contributed by atoms with Gasteiger partial charge in [0.1, 0.15) is 13.2 Å². The molecule has 25 heavy (non-hydrogen) atoms. The maximum atomic E-state index is 12.9. The predicted octanol–water partition coefficient (Wildman–Crippen LogP) is 1.76. The molecule has 0 bridgehead atoms. The van der Waals surface area contributed by atoms with Crippen molar-refractivity contribution in [3.05, 3.63) is 36.9 Å². The van der Waals surface area contributed by atoms with Gasteiger partial charge < -0.3 is 14.0 Å². The minimum atomic E-state index is -3.50. The van der Waals surface area contributed by atoms with Crippen molar-refractivity contribution in [3.8, 4) is 11.5 Å². The first-order valence-electron chi connectivity index (χ1n) is 8.48. The molecule has 1 fully saturated rings. The molecule has 1 saturated heterocycles. The molecule has 0 N–H and O–H groups in total. The molecule has 2 aromatic rings. The van der Waals surface area contributed by atoms with Gasteiger partial charge in [0.05, 0.1) is 11.2 Å². The van der Waals surface area contributed by atoms with Gasteiger partial charge in [0, 0.05) is 38.1 Å². The van der Waals surface area contributed by atoms with Gasteiger partial charge in [-0.3, -0.25) is 0 Å². The summed E-state index contributed by atoms with van der Waals surface area (Å²) in [6, 6.07) is 4.84. The first-order chi connectivity index (χ1) is 12.1. The molecule has 7 nitrogen and oxygen atoms in total. The fraction of sp³-hybridized carbons (Fsp3) is 0.471. The number of hydrogen-bond acceptors (Lipinski definition) is 5. The number of benzene rings is 1. The highest BCUT2D eigenvalue weighted by Crippen LogP contribution is 2.34. The quantitative estimate of drug-likeness (QED) is 0.827. The Morgan fingerprint density at radius 2 is 1.88 bits per heavy atom. The van der Waals surface area contributed by atoms with E-state index in [1.165, 1.54) is 0 Å². The van der Waals surface area contributed by atoms with Crippen LogP contribution < -0.4 is 9.47 Å². The maximum Gasteiger partial charge on any atom is 0.243 e. The third-order valence-corrected chi connectivity index (χ3v) is 6.65. The van der Waals surface area contributed by atoms with Crippen molar-refractivity contribution in [1.29, 1.82) is 0 Å². The number of sulfonamides is 1. The van der Waals surface area contributed by atoms with Crippen molar-refractivity contribution in [1.82, 2.24) is 13.9 Å². The molecule has 8 heteroatoms. The van der Waals surface area contributed by atoms with Crippen LogP contribution in [-0.2, 0) is 16.6 Å². The fourth-order valence-corrected chi connectivity index (χ4v) is 4.84. The smallest absolute Gasteiger partial charge is 0.243 e. The maximum absolute atomic E-state index is 12.9. The Balaban J connectivity index is 1.44. The number of rotatable bonds is 4. The second-order valence-corrected chi connectivity index (χ2v) is 8.35. The van der Waals surface area contributed by atoms with E-state index in [2.05, 4.69) is 9.55 Å². The molecule has 0 radical (unpaired) electrons. The van der Waals surface area contributed by atoms with E-state index < -0.39 is 10.0 Å². The molecule has 3 heterocycles. The van der Waals surface area contributed by atoms with Gasteiger partial charge in [-0.15, -0.1) is 0 Å². The fourth-order valence-electron chi connectivity index (χ4n) is 3.36. The van der Waals surface area contributed by atoms with Crippen molar-refractivity contribution in [2.45, 2.75) is 24.3 Å². The molecule has 1 aromatic carbocycles. The highest BCUT2D eigenvalue weighted by atomic mass is 32.2. The van der Waals surface area contributed by atoms with Gasteiger partial charge in [-0.2, -0.15) is 4.31 Å². The summed E-state index contributed by atoms with van der Waals surface area (Å²) in [6.45, 7) is 2.89. The van der Waals surface area contributed by atoms with Gasteiger partial charge in [0.2, 0.25) is 10.0 Å². The lowest BCUT2D eigenvalue weighted by atomic mass is 9.98. The van der Waals surface area contributed by atoms with Gasteiger partial charge in [0.25, 0.3) is 0 Å². The van der Waals surface area contributed by atoms with Crippen molar-refractivity contribution in [2.24, 2.45) is 5.92 Å². The first-order valence-corrected chi connectivity index (χ1v) is 9.92. The molecular formula is C17H21N3O4S. The van der Waals surface area contributed by atoms with Crippen LogP contribution in [0, 0.1) is 5.92 Å². The Labute approximate surface area is 147 Å². The largest absolute Gasteiger partial charge is 0.486 e. The van der Waals surface area contributed by atoms with E-state index in [1.54, 1.807) is 35.0 Å². The molecule has 0 unspecified atom stereocenters. The monoisotopic (exact) mass is 363 g/mol. The lowest BCUT2D eigenvalue weighted by Gasteiger charge is -2.31. The van der Waals surface area contributed by atoms with Crippen molar-refractivity contribution in [3.63, 3.8) is 0 Å². The highest BCUT2D eigenvalue weighted by molar-refractivity contribution is 7.89. The van der Waals surface area contributed by atoms with Crippen molar-refractivity contribution < 1.29 is 17.9 Å². The first kappa shape index (κ1) is 16.4. The van der Waals surface area contributed by atoms with E-state index >= 15 is 0 Å². The Hall–Kier alpha value is -2.06. The summed E-state index contributed by atoms with van der Waals surface area (Å²) < 4.78 is 40.4. The number of piperidine rings is 1. The van der Waals surface area contributed by atoms with Crippen LogP contribution in [0.4, 0.5) is 0 Å². The highest BCUT2D eigenvalue weighted by Gasteiger charge is 2.30. The second-order valence-electron chi connectivity index (χ2n) is 6.41. The normalized spacial score (nSPS) is 19.0. The van der Waals surface area contributed by atoms with Gasteiger partial charge in [-0.05, 0) is 30.9 Å². The second kappa shape index (κ2) is 6.68. The van der Waals surface area contributed by atoms with Crippen molar-refractivity contribution >= 4 is 10.0 Å². The minimum absolute atomic E-state index is 0.268. The summed E-state index contributed by atoms with van der Waals surface area (Å²) >= 11 is 0. The molecule has 1 aromatic heterocycles. The molecule has 0 atom stereocenters. The van der Waals surface area contributed by atoms with Crippen LogP contribution in [0.2, 0.25) is 0 Å². The lowest BCUT2D eigenvalue weighted by Crippen LogP contribution is -2.39. The standard InChI is InChI=1S/C17H21N3O4S/c21-25(22,15-1-2-16-17(11-15)24-10-9-23-16)20-6-3-14(4-7-20)12-19-8-5-18-13-19/h1-2,5,8,11,13-14H,3-4,6-7,9-10,12H2. The summed E-state index contributed by atoms with van der Waals surface area (Å²) in [5, 5.41) is 0. The van der Waals surface area contributed by atoms with Crippen LogP contribution in [0.3, 0.4) is 0 Å². The Bertz CT molecular complexity index is 828. The van der Waals surface area contributed by atoms with E-state index in [1.807, 2.05) is 6.20 Å². The predicted molar refractivity (Wildman–Crippen MR) is 91.1 cm³/mol. The number of fused-ring (bicyclic) bond motifs is 1. The van der Waals surface area contributed by atoms with E-state index in [9.17, 15) is 8.42 Å². The zero-order valence-electron chi connectivity index (χ0n) is 13.9. The summed E-state index contributed by atoms with van der Waals surface area (Å²) in [4.78, 5) is 4.32. The molecule has 134 valence electrons. The number of ether oxygens (including phenoxy) is 2. The average molecular weight is 363 g/mol. The van der Waals surface area contributed by atoms with Crippen LogP contribution in [0.5, 0.6) is 11.5 Å². The van der Waals surface area contributed by atoms with Crippen LogP contribution >= 0.6 is 0 Å². The molecule has 0 saturated carbocycles. The summed E-state index contributed by atoms with van der Waals surface area (Å²) in [6.07, 6.45) is 7.21.